The molecule has 1 aromatic heterocycles. The Morgan fingerprint density at radius 1 is 1.34 bits per heavy atom. The van der Waals surface area contributed by atoms with Gasteiger partial charge in [0.05, 0.1) is 23.9 Å². The maximum atomic E-state index is 14.6. The minimum atomic E-state index is -4.82. The lowest BCUT2D eigenvalue weighted by Crippen LogP contribution is -2.46. The third-order valence-electron chi connectivity index (χ3n) is 4.70. The van der Waals surface area contributed by atoms with E-state index in [0.717, 1.165) is 13.0 Å². The van der Waals surface area contributed by atoms with Gasteiger partial charge in [0, 0.05) is 29.8 Å². The summed E-state index contributed by atoms with van der Waals surface area (Å²) >= 11 is 5.99. The molecule has 0 saturated heterocycles. The van der Waals surface area contributed by atoms with Gasteiger partial charge in [0.25, 0.3) is 11.9 Å². The van der Waals surface area contributed by atoms with Crippen molar-refractivity contribution in [3.05, 3.63) is 52.3 Å². The summed E-state index contributed by atoms with van der Waals surface area (Å²) in [6.07, 6.45) is -6.85. The van der Waals surface area contributed by atoms with Crippen LogP contribution in [0.1, 0.15) is 29.4 Å². The van der Waals surface area contributed by atoms with Crippen LogP contribution in [0.4, 0.5) is 27.6 Å². The van der Waals surface area contributed by atoms with Crippen LogP contribution in [0, 0.1) is 11.6 Å². The first-order chi connectivity index (χ1) is 14.8. The smallest absolute Gasteiger partial charge is 0.425 e. The highest BCUT2D eigenvalue weighted by Gasteiger charge is 2.50. The predicted molar refractivity (Wildman–Crippen MR) is 105 cm³/mol. The molecule has 13 heteroatoms. The Labute approximate surface area is 183 Å². The molecule has 0 fully saturated rings. The van der Waals surface area contributed by atoms with Crippen molar-refractivity contribution in [2.45, 2.75) is 31.2 Å². The minimum absolute atomic E-state index is 0.0774. The Hall–Kier alpha value is -3.15. The lowest BCUT2D eigenvalue weighted by atomic mass is 9.85. The van der Waals surface area contributed by atoms with Crippen molar-refractivity contribution >= 4 is 29.2 Å². The van der Waals surface area contributed by atoms with E-state index >= 15 is 0 Å². The minimum Gasteiger partial charge on any atom is -0.495 e. The summed E-state index contributed by atoms with van der Waals surface area (Å²) < 4.78 is 77.9. The number of carbonyl (C=O) groups is 1. The molecule has 1 unspecified atom stereocenters. The van der Waals surface area contributed by atoms with Crippen molar-refractivity contribution < 1.29 is 36.2 Å². The number of rotatable bonds is 4. The van der Waals surface area contributed by atoms with Gasteiger partial charge in [-0.05, 0) is 13.0 Å². The highest BCUT2D eigenvalue weighted by atomic mass is 35.5. The molecule has 0 saturated carbocycles. The molecule has 7 nitrogen and oxygen atoms in total. The summed E-state index contributed by atoms with van der Waals surface area (Å²) in [6.45, 7) is 1.15. The van der Waals surface area contributed by atoms with Crippen LogP contribution in [-0.2, 0) is 10.3 Å². The van der Waals surface area contributed by atoms with Crippen LogP contribution in [0.2, 0.25) is 5.02 Å². The molecule has 1 aliphatic rings. The Morgan fingerprint density at radius 2 is 2.03 bits per heavy atom. The van der Waals surface area contributed by atoms with E-state index < -0.39 is 53.4 Å². The Morgan fingerprint density at radius 3 is 2.62 bits per heavy atom. The number of amidine groups is 1. The number of hydrogen-bond donors (Lipinski definition) is 2. The molecule has 2 heterocycles. The van der Waals surface area contributed by atoms with E-state index in [1.54, 1.807) is 0 Å². The van der Waals surface area contributed by atoms with E-state index in [2.05, 4.69) is 20.0 Å². The zero-order valence-electron chi connectivity index (χ0n) is 16.6. The quantitative estimate of drug-likeness (QED) is 0.643. The van der Waals surface area contributed by atoms with Gasteiger partial charge in [-0.1, -0.05) is 11.6 Å². The van der Waals surface area contributed by atoms with Crippen LogP contribution in [0.3, 0.4) is 0 Å². The molecule has 2 aromatic rings. The molecule has 0 radical (unpaired) electrons. The number of nitrogens with one attached hydrogen (secondary N) is 1. The van der Waals surface area contributed by atoms with E-state index in [4.69, 9.17) is 22.1 Å². The monoisotopic (exact) mass is 478 g/mol. The second-order valence-corrected chi connectivity index (χ2v) is 7.46. The maximum absolute atomic E-state index is 14.6. The second-order valence-electron chi connectivity index (χ2n) is 7.06. The number of hydrogen-bond acceptors (Lipinski definition) is 6. The number of nitrogens with two attached hydrogens (primary N) is 1. The topological polar surface area (TPSA) is 98.8 Å². The number of aliphatic imine (C=N–C) groups is 1. The average Bonchev–Trinajstić information content (AvgIpc) is 2.68. The van der Waals surface area contributed by atoms with Crippen molar-refractivity contribution in [3.8, 4) is 5.75 Å². The number of alkyl halides is 3. The van der Waals surface area contributed by atoms with Crippen molar-refractivity contribution in [2.24, 2.45) is 10.7 Å². The third kappa shape index (κ3) is 4.69. The molecule has 1 aliphatic heterocycles. The highest BCUT2D eigenvalue weighted by Crippen LogP contribution is 2.42. The molecule has 172 valence electrons. The molecule has 2 atom stereocenters. The van der Waals surface area contributed by atoms with E-state index in [1.807, 2.05) is 0 Å². The zero-order chi connectivity index (χ0) is 23.8. The normalized spacial score (nSPS) is 20.9. The summed E-state index contributed by atoms with van der Waals surface area (Å²) in [5.41, 5.74) is 2.38. The number of anilines is 1. The molecule has 0 bridgehead atoms. The number of nitrogens with zero attached hydrogens (tertiary/aromatic N) is 2. The maximum Gasteiger partial charge on any atom is 0.425 e. The van der Waals surface area contributed by atoms with Gasteiger partial charge in [-0.25, -0.2) is 18.8 Å². The van der Waals surface area contributed by atoms with Crippen molar-refractivity contribution in [3.63, 3.8) is 0 Å². The fourth-order valence-electron chi connectivity index (χ4n) is 3.16. The number of ether oxygens (including phenoxy) is 2. The van der Waals surface area contributed by atoms with Crippen LogP contribution in [-0.4, -0.2) is 36.3 Å². The third-order valence-corrected chi connectivity index (χ3v) is 4.99. The summed E-state index contributed by atoms with van der Waals surface area (Å²) in [5.74, 6) is -3.45. The predicted octanol–water partition coefficient (Wildman–Crippen LogP) is 4.16. The lowest BCUT2D eigenvalue weighted by Gasteiger charge is -2.36. The van der Waals surface area contributed by atoms with Gasteiger partial charge < -0.3 is 20.5 Å². The number of aromatic nitrogens is 1. The van der Waals surface area contributed by atoms with Crippen molar-refractivity contribution in [1.82, 2.24) is 4.98 Å². The SMILES string of the molecule is COc1cnc(C(=O)Nc2cc(F)c(F)c([C@]3(C)CC(C(F)(F)F)OC(N)=N3)c2)c(Cl)c1. The first-order valence-corrected chi connectivity index (χ1v) is 9.31. The van der Waals surface area contributed by atoms with Gasteiger partial charge in [0.1, 0.15) is 11.4 Å². The summed E-state index contributed by atoms with van der Waals surface area (Å²) in [4.78, 5) is 20.1. The van der Waals surface area contributed by atoms with Gasteiger partial charge in [-0.2, -0.15) is 13.2 Å². The summed E-state index contributed by atoms with van der Waals surface area (Å²) in [7, 11) is 1.37. The fourth-order valence-corrected chi connectivity index (χ4v) is 3.40. The van der Waals surface area contributed by atoms with Gasteiger partial charge in [0.2, 0.25) is 0 Å². The number of pyridine rings is 1. The van der Waals surface area contributed by atoms with Gasteiger partial charge in [-0.3, -0.25) is 4.79 Å². The van der Waals surface area contributed by atoms with Crippen LogP contribution < -0.4 is 15.8 Å². The zero-order valence-corrected chi connectivity index (χ0v) is 17.3. The van der Waals surface area contributed by atoms with E-state index in [1.165, 1.54) is 19.4 Å². The van der Waals surface area contributed by atoms with E-state index in [0.29, 0.717) is 6.07 Å². The van der Waals surface area contributed by atoms with Crippen LogP contribution in [0.5, 0.6) is 5.75 Å². The molecule has 0 spiro atoms. The Bertz CT molecular complexity index is 1100. The van der Waals surface area contributed by atoms with E-state index in [9.17, 15) is 26.7 Å². The number of benzene rings is 1. The van der Waals surface area contributed by atoms with Gasteiger partial charge in [-0.15, -0.1) is 0 Å². The molecule has 1 aromatic carbocycles. The standard InChI is InChI=1S/C19H16ClF5N4O3/c1-18(6-13(19(23,24)25)32-17(26)29-18)10-3-8(4-12(21)14(10)22)28-16(30)15-11(20)5-9(31-2)7-27-15/h3-5,7,13H,6H2,1-2H3,(H2,26,29)(H,28,30)/t13?,18-/m0/s1. The van der Waals surface area contributed by atoms with E-state index in [-0.39, 0.29) is 22.2 Å². The molecule has 3 rings (SSSR count). The molecule has 1 amide bonds. The molecule has 3 N–H and O–H groups in total. The number of carbonyl (C=O) groups excluding carboxylic acids is 1. The lowest BCUT2D eigenvalue weighted by molar-refractivity contribution is -0.208. The largest absolute Gasteiger partial charge is 0.495 e. The number of methoxy groups -OCH3 is 1. The highest BCUT2D eigenvalue weighted by molar-refractivity contribution is 6.34. The summed E-state index contributed by atoms with van der Waals surface area (Å²) in [6, 6.07) is 2.11. The second kappa shape index (κ2) is 8.41. The van der Waals surface area contributed by atoms with Gasteiger partial charge in [0.15, 0.2) is 17.7 Å². The van der Waals surface area contributed by atoms with Crippen LogP contribution in [0.25, 0.3) is 0 Å². The van der Waals surface area contributed by atoms with Crippen LogP contribution in [0.15, 0.2) is 29.4 Å². The fraction of sp³-hybridized carbons (Fsp3) is 0.316. The first-order valence-electron chi connectivity index (χ1n) is 8.93. The van der Waals surface area contributed by atoms with Crippen molar-refractivity contribution in [2.75, 3.05) is 12.4 Å². The molecular formula is C19H16ClF5N4O3. The number of amides is 1. The van der Waals surface area contributed by atoms with Gasteiger partial charge >= 0.3 is 6.18 Å². The number of halogens is 6. The molecular weight excluding hydrogens is 463 g/mol. The molecule has 32 heavy (non-hydrogen) atoms. The summed E-state index contributed by atoms with van der Waals surface area (Å²) in [5, 5.41) is 2.21. The Balaban J connectivity index is 1.98. The van der Waals surface area contributed by atoms with Crippen LogP contribution >= 0.6 is 11.6 Å². The Kier molecular flexibility index (Phi) is 6.18. The van der Waals surface area contributed by atoms with Crippen molar-refractivity contribution in [1.29, 1.82) is 0 Å². The average molecular weight is 479 g/mol. The molecule has 0 aliphatic carbocycles. The first kappa shape index (κ1) is 23.5.